The second kappa shape index (κ2) is 4.12. The van der Waals surface area contributed by atoms with E-state index in [0.717, 1.165) is 5.69 Å². The van der Waals surface area contributed by atoms with Crippen LogP contribution in [-0.2, 0) is 6.54 Å². The van der Waals surface area contributed by atoms with E-state index in [1.54, 1.807) is 12.1 Å². The summed E-state index contributed by atoms with van der Waals surface area (Å²) in [7, 11) is 0. The molecule has 3 nitrogen and oxygen atoms in total. The predicted octanol–water partition coefficient (Wildman–Crippen LogP) is 2.44. The van der Waals surface area contributed by atoms with E-state index in [0.29, 0.717) is 22.5 Å². The van der Waals surface area contributed by atoms with Gasteiger partial charge in [-0.1, -0.05) is 12.1 Å². The van der Waals surface area contributed by atoms with Gasteiger partial charge in [-0.3, -0.25) is 0 Å². The molecule has 3 N–H and O–H groups in total. The van der Waals surface area contributed by atoms with E-state index in [-0.39, 0.29) is 5.82 Å². The Bertz CT molecular complexity index is 481. The fourth-order valence-electron chi connectivity index (χ4n) is 1.30. The number of H-pyrrole nitrogens is 1. The summed E-state index contributed by atoms with van der Waals surface area (Å²) in [5, 5.41) is 0. The number of imidazole rings is 1. The van der Waals surface area contributed by atoms with Crippen LogP contribution in [0.4, 0.5) is 4.39 Å². The monoisotopic (exact) mass is 269 g/mol. The van der Waals surface area contributed by atoms with Crippen molar-refractivity contribution in [3.8, 4) is 11.4 Å². The van der Waals surface area contributed by atoms with Crippen LogP contribution < -0.4 is 5.73 Å². The van der Waals surface area contributed by atoms with Crippen molar-refractivity contribution >= 4 is 15.9 Å². The molecule has 2 aromatic rings. The molecule has 0 fully saturated rings. The number of rotatable bonds is 2. The number of halogens is 2. The molecule has 0 saturated heterocycles. The van der Waals surface area contributed by atoms with Gasteiger partial charge >= 0.3 is 0 Å². The first-order valence-corrected chi connectivity index (χ1v) is 5.20. The van der Waals surface area contributed by atoms with Gasteiger partial charge in [0.05, 0.1) is 5.69 Å². The van der Waals surface area contributed by atoms with Gasteiger partial charge in [0.25, 0.3) is 0 Å². The van der Waals surface area contributed by atoms with E-state index in [1.807, 2.05) is 0 Å². The van der Waals surface area contributed by atoms with Gasteiger partial charge < -0.3 is 10.7 Å². The lowest BCUT2D eigenvalue weighted by atomic mass is 10.2. The standard InChI is InChI=1S/C10H9BrFN3/c11-9-8(5-13)14-10(15-9)6-2-1-3-7(12)4-6/h1-4H,5,13H2,(H,14,15). The SMILES string of the molecule is NCc1[nH]c(-c2cccc(F)c2)nc1Br. The van der Waals surface area contributed by atoms with Gasteiger partial charge in [0.15, 0.2) is 0 Å². The van der Waals surface area contributed by atoms with Gasteiger partial charge in [0.1, 0.15) is 16.2 Å². The molecule has 0 radical (unpaired) electrons. The molecule has 0 saturated carbocycles. The normalized spacial score (nSPS) is 10.6. The van der Waals surface area contributed by atoms with Crippen molar-refractivity contribution in [2.75, 3.05) is 0 Å². The van der Waals surface area contributed by atoms with Gasteiger partial charge in [0.2, 0.25) is 0 Å². The molecule has 15 heavy (non-hydrogen) atoms. The zero-order chi connectivity index (χ0) is 10.8. The molecule has 0 spiro atoms. The zero-order valence-corrected chi connectivity index (χ0v) is 9.38. The van der Waals surface area contributed by atoms with Crippen LogP contribution in [0, 0.1) is 5.82 Å². The first kappa shape index (κ1) is 10.3. The summed E-state index contributed by atoms with van der Waals surface area (Å²) in [6.45, 7) is 0.364. The first-order valence-electron chi connectivity index (χ1n) is 4.41. The molecule has 1 aromatic heterocycles. The van der Waals surface area contributed by atoms with Crippen LogP contribution in [-0.4, -0.2) is 9.97 Å². The third-order valence-electron chi connectivity index (χ3n) is 2.03. The molecule has 0 atom stereocenters. The highest BCUT2D eigenvalue weighted by molar-refractivity contribution is 9.10. The van der Waals surface area contributed by atoms with Gasteiger partial charge in [-0.25, -0.2) is 9.37 Å². The molecule has 0 aliphatic carbocycles. The number of aromatic amines is 1. The Kier molecular flexibility index (Phi) is 2.83. The quantitative estimate of drug-likeness (QED) is 0.880. The highest BCUT2D eigenvalue weighted by Crippen LogP contribution is 2.21. The zero-order valence-electron chi connectivity index (χ0n) is 7.80. The first-order chi connectivity index (χ1) is 7.20. The van der Waals surface area contributed by atoms with Crippen LogP contribution in [0.25, 0.3) is 11.4 Å². The maximum absolute atomic E-state index is 13.0. The Morgan fingerprint density at radius 1 is 1.47 bits per heavy atom. The topological polar surface area (TPSA) is 54.7 Å². The summed E-state index contributed by atoms with van der Waals surface area (Å²) < 4.78 is 13.6. The summed E-state index contributed by atoms with van der Waals surface area (Å²) in [6.07, 6.45) is 0. The third-order valence-corrected chi connectivity index (χ3v) is 2.69. The Balaban J connectivity index is 2.45. The number of hydrogen-bond acceptors (Lipinski definition) is 2. The van der Waals surface area contributed by atoms with Crippen molar-refractivity contribution in [1.82, 2.24) is 9.97 Å². The molecule has 1 heterocycles. The third kappa shape index (κ3) is 2.08. The minimum absolute atomic E-state index is 0.283. The molecule has 0 bridgehead atoms. The van der Waals surface area contributed by atoms with Crippen LogP contribution in [0.1, 0.15) is 5.69 Å². The van der Waals surface area contributed by atoms with Crippen LogP contribution in [0.15, 0.2) is 28.9 Å². The fraction of sp³-hybridized carbons (Fsp3) is 0.100. The van der Waals surface area contributed by atoms with Crippen molar-refractivity contribution in [2.24, 2.45) is 5.73 Å². The average Bonchev–Trinajstić information content (AvgIpc) is 2.60. The number of aromatic nitrogens is 2. The van der Waals surface area contributed by atoms with E-state index in [4.69, 9.17) is 5.73 Å². The van der Waals surface area contributed by atoms with E-state index in [9.17, 15) is 4.39 Å². The molecule has 5 heteroatoms. The molecule has 2 rings (SSSR count). The van der Waals surface area contributed by atoms with Crippen molar-refractivity contribution in [1.29, 1.82) is 0 Å². The highest BCUT2D eigenvalue weighted by Gasteiger charge is 2.08. The second-order valence-electron chi connectivity index (χ2n) is 3.07. The van der Waals surface area contributed by atoms with Crippen molar-refractivity contribution < 1.29 is 4.39 Å². The molecular weight excluding hydrogens is 261 g/mol. The molecule has 78 valence electrons. The number of nitrogens with two attached hydrogens (primary N) is 1. The molecule has 0 unspecified atom stereocenters. The lowest BCUT2D eigenvalue weighted by Gasteiger charge is -1.95. The van der Waals surface area contributed by atoms with Crippen LogP contribution >= 0.6 is 15.9 Å². The molecule has 0 amide bonds. The maximum atomic E-state index is 13.0. The molecule has 0 aliphatic rings. The Morgan fingerprint density at radius 2 is 2.27 bits per heavy atom. The van der Waals surface area contributed by atoms with Crippen LogP contribution in [0.3, 0.4) is 0 Å². The van der Waals surface area contributed by atoms with Crippen molar-refractivity contribution in [3.63, 3.8) is 0 Å². The molecular formula is C10H9BrFN3. The predicted molar refractivity (Wildman–Crippen MR) is 59.6 cm³/mol. The van der Waals surface area contributed by atoms with Gasteiger partial charge in [-0.05, 0) is 28.1 Å². The summed E-state index contributed by atoms with van der Waals surface area (Å²) in [4.78, 5) is 7.23. The smallest absolute Gasteiger partial charge is 0.139 e. The Morgan fingerprint density at radius 3 is 2.87 bits per heavy atom. The van der Waals surface area contributed by atoms with Crippen LogP contribution in [0.5, 0.6) is 0 Å². The Labute approximate surface area is 94.7 Å². The van der Waals surface area contributed by atoms with Gasteiger partial charge in [0, 0.05) is 12.1 Å². The lowest BCUT2D eigenvalue weighted by Crippen LogP contribution is -1.96. The largest absolute Gasteiger partial charge is 0.340 e. The fourth-order valence-corrected chi connectivity index (χ4v) is 1.73. The minimum atomic E-state index is -0.283. The number of nitrogens with one attached hydrogen (secondary N) is 1. The Hall–Kier alpha value is -1.20. The average molecular weight is 270 g/mol. The van der Waals surface area contributed by atoms with E-state index in [2.05, 4.69) is 25.9 Å². The van der Waals surface area contributed by atoms with Gasteiger partial charge in [-0.2, -0.15) is 0 Å². The van der Waals surface area contributed by atoms with Gasteiger partial charge in [-0.15, -0.1) is 0 Å². The second-order valence-corrected chi connectivity index (χ2v) is 3.82. The van der Waals surface area contributed by atoms with E-state index >= 15 is 0 Å². The van der Waals surface area contributed by atoms with E-state index < -0.39 is 0 Å². The van der Waals surface area contributed by atoms with Crippen molar-refractivity contribution in [2.45, 2.75) is 6.54 Å². The number of benzene rings is 1. The van der Waals surface area contributed by atoms with E-state index in [1.165, 1.54) is 12.1 Å². The lowest BCUT2D eigenvalue weighted by molar-refractivity contribution is 0.628. The maximum Gasteiger partial charge on any atom is 0.139 e. The summed E-state index contributed by atoms with van der Waals surface area (Å²) >= 11 is 3.28. The molecule has 1 aromatic carbocycles. The van der Waals surface area contributed by atoms with Crippen molar-refractivity contribution in [3.05, 3.63) is 40.4 Å². The molecule has 0 aliphatic heterocycles. The number of nitrogens with zero attached hydrogens (tertiary/aromatic N) is 1. The van der Waals surface area contributed by atoms with Crippen LogP contribution in [0.2, 0.25) is 0 Å². The summed E-state index contributed by atoms with van der Waals surface area (Å²) in [5.41, 5.74) is 7.00. The highest BCUT2D eigenvalue weighted by atomic mass is 79.9. The minimum Gasteiger partial charge on any atom is -0.340 e. The number of hydrogen-bond donors (Lipinski definition) is 2. The summed E-state index contributed by atoms with van der Waals surface area (Å²) in [5.74, 6) is 0.330. The summed E-state index contributed by atoms with van der Waals surface area (Å²) in [6, 6.07) is 6.24.